The number of carbonyl (C=O) groups excluding carboxylic acids is 2. The minimum Gasteiger partial charge on any atom is -0.480 e. The Balaban J connectivity index is 2.70. The molecule has 1 saturated heterocycles. The lowest BCUT2D eigenvalue weighted by atomic mass is 10.1. The van der Waals surface area contributed by atoms with Crippen molar-refractivity contribution in [1.82, 2.24) is 10.2 Å². The molecule has 9 heteroatoms. The molecular formula is C16H30N4O4S. The number of rotatable bonds is 11. The van der Waals surface area contributed by atoms with Crippen LogP contribution in [-0.2, 0) is 14.4 Å². The molecule has 2 amide bonds. The van der Waals surface area contributed by atoms with Crippen molar-refractivity contribution in [3.8, 4) is 0 Å². The van der Waals surface area contributed by atoms with Gasteiger partial charge in [0.1, 0.15) is 12.1 Å². The number of hydrogen-bond acceptors (Lipinski definition) is 6. The van der Waals surface area contributed by atoms with Crippen molar-refractivity contribution in [3.63, 3.8) is 0 Å². The second kappa shape index (κ2) is 11.3. The summed E-state index contributed by atoms with van der Waals surface area (Å²) < 4.78 is 0. The number of carbonyl (C=O) groups is 3. The Morgan fingerprint density at radius 3 is 2.64 bits per heavy atom. The highest BCUT2D eigenvalue weighted by molar-refractivity contribution is 7.98. The van der Waals surface area contributed by atoms with Gasteiger partial charge in [-0.15, -0.1) is 0 Å². The minimum atomic E-state index is -1.00. The number of aliphatic carboxylic acids is 1. The van der Waals surface area contributed by atoms with Gasteiger partial charge in [0.2, 0.25) is 11.8 Å². The summed E-state index contributed by atoms with van der Waals surface area (Å²) in [5.41, 5.74) is 11.3. The van der Waals surface area contributed by atoms with E-state index in [0.717, 1.165) is 12.8 Å². The van der Waals surface area contributed by atoms with Crippen LogP contribution in [0.3, 0.4) is 0 Å². The van der Waals surface area contributed by atoms with Crippen LogP contribution in [0.5, 0.6) is 0 Å². The SMILES string of the molecule is CSCCC(NC(=O)C(N)CCCCN)C(=O)N1CCCC1C(=O)O. The smallest absolute Gasteiger partial charge is 0.326 e. The van der Waals surface area contributed by atoms with Crippen LogP contribution in [0.25, 0.3) is 0 Å². The first-order chi connectivity index (χ1) is 11.9. The fourth-order valence-corrected chi connectivity index (χ4v) is 3.37. The van der Waals surface area contributed by atoms with E-state index in [0.29, 0.717) is 44.5 Å². The highest BCUT2D eigenvalue weighted by Crippen LogP contribution is 2.19. The maximum Gasteiger partial charge on any atom is 0.326 e. The summed E-state index contributed by atoms with van der Waals surface area (Å²) in [4.78, 5) is 37.7. The molecule has 0 aliphatic carbocycles. The van der Waals surface area contributed by atoms with Gasteiger partial charge < -0.3 is 26.8 Å². The first-order valence-electron chi connectivity index (χ1n) is 8.70. The zero-order valence-corrected chi connectivity index (χ0v) is 15.6. The highest BCUT2D eigenvalue weighted by atomic mass is 32.2. The van der Waals surface area contributed by atoms with Gasteiger partial charge in [0.15, 0.2) is 0 Å². The predicted octanol–water partition coefficient (Wildman–Crippen LogP) is -0.244. The molecule has 0 spiro atoms. The van der Waals surface area contributed by atoms with Gasteiger partial charge in [-0.1, -0.05) is 6.42 Å². The quantitative estimate of drug-likeness (QED) is 0.366. The van der Waals surface area contributed by atoms with Gasteiger partial charge in [0, 0.05) is 6.54 Å². The van der Waals surface area contributed by atoms with E-state index in [9.17, 15) is 19.5 Å². The fraction of sp³-hybridized carbons (Fsp3) is 0.812. The molecule has 3 unspecified atom stereocenters. The molecule has 1 heterocycles. The Labute approximate surface area is 153 Å². The summed E-state index contributed by atoms with van der Waals surface area (Å²) in [7, 11) is 0. The van der Waals surface area contributed by atoms with Gasteiger partial charge in [-0.2, -0.15) is 11.8 Å². The fourth-order valence-electron chi connectivity index (χ4n) is 2.90. The van der Waals surface area contributed by atoms with Crippen molar-refractivity contribution in [3.05, 3.63) is 0 Å². The number of likely N-dealkylation sites (tertiary alicyclic amines) is 1. The highest BCUT2D eigenvalue weighted by Gasteiger charge is 2.37. The molecule has 0 aromatic carbocycles. The van der Waals surface area contributed by atoms with Crippen LogP contribution in [0.1, 0.15) is 38.5 Å². The molecule has 0 aromatic heterocycles. The number of nitrogens with two attached hydrogens (primary N) is 2. The zero-order valence-electron chi connectivity index (χ0n) is 14.8. The van der Waals surface area contributed by atoms with E-state index in [-0.39, 0.29) is 11.8 Å². The molecule has 0 radical (unpaired) electrons. The van der Waals surface area contributed by atoms with Crippen LogP contribution in [0.15, 0.2) is 0 Å². The number of nitrogens with one attached hydrogen (secondary N) is 1. The van der Waals surface area contributed by atoms with Crippen LogP contribution >= 0.6 is 11.8 Å². The number of thioether (sulfide) groups is 1. The molecule has 1 rings (SSSR count). The standard InChI is InChI=1S/C16H30N4O4S/c1-25-10-7-12(19-14(21)11(18)5-2-3-8-17)15(22)20-9-4-6-13(20)16(23)24/h11-13H,2-10,17-18H2,1H3,(H,19,21)(H,23,24). The number of hydrogen-bond donors (Lipinski definition) is 4. The van der Waals surface area contributed by atoms with Gasteiger partial charge in [0.25, 0.3) is 0 Å². The summed E-state index contributed by atoms with van der Waals surface area (Å²) in [6, 6.07) is -2.23. The Morgan fingerprint density at radius 1 is 1.32 bits per heavy atom. The van der Waals surface area contributed by atoms with E-state index in [4.69, 9.17) is 11.5 Å². The van der Waals surface area contributed by atoms with Crippen LogP contribution in [0, 0.1) is 0 Å². The molecule has 1 fully saturated rings. The molecular weight excluding hydrogens is 344 g/mol. The first-order valence-corrected chi connectivity index (χ1v) is 10.1. The molecule has 144 valence electrons. The Bertz CT molecular complexity index is 463. The molecule has 8 nitrogen and oxygen atoms in total. The lowest BCUT2D eigenvalue weighted by molar-refractivity contribution is -0.149. The lowest BCUT2D eigenvalue weighted by Crippen LogP contribution is -2.54. The van der Waals surface area contributed by atoms with Gasteiger partial charge in [-0.25, -0.2) is 4.79 Å². The summed E-state index contributed by atoms with van der Waals surface area (Å²) in [6.07, 6.45) is 5.52. The molecule has 0 aromatic rings. The summed E-state index contributed by atoms with van der Waals surface area (Å²) >= 11 is 1.57. The molecule has 6 N–H and O–H groups in total. The molecule has 0 saturated carbocycles. The maximum absolute atomic E-state index is 12.8. The topological polar surface area (TPSA) is 139 Å². The van der Waals surface area contributed by atoms with Crippen LogP contribution in [-0.4, -0.2) is 71.0 Å². The number of carboxylic acids is 1. The van der Waals surface area contributed by atoms with E-state index in [1.165, 1.54) is 4.90 Å². The largest absolute Gasteiger partial charge is 0.480 e. The van der Waals surface area contributed by atoms with Crippen LogP contribution in [0.4, 0.5) is 0 Å². The van der Waals surface area contributed by atoms with Crippen molar-refractivity contribution in [1.29, 1.82) is 0 Å². The van der Waals surface area contributed by atoms with Crippen molar-refractivity contribution < 1.29 is 19.5 Å². The molecule has 0 bridgehead atoms. The number of carboxylic acid groups (broad SMARTS) is 1. The van der Waals surface area contributed by atoms with Gasteiger partial charge in [-0.05, 0) is 50.7 Å². The van der Waals surface area contributed by atoms with Crippen molar-refractivity contribution in [2.75, 3.05) is 25.1 Å². The van der Waals surface area contributed by atoms with Crippen molar-refractivity contribution >= 4 is 29.5 Å². The lowest BCUT2D eigenvalue weighted by Gasteiger charge is -2.28. The number of nitrogens with zero attached hydrogens (tertiary/aromatic N) is 1. The molecule has 1 aliphatic heterocycles. The normalized spacial score (nSPS) is 19.5. The van der Waals surface area contributed by atoms with E-state index < -0.39 is 24.1 Å². The van der Waals surface area contributed by atoms with Gasteiger partial charge in [-0.3, -0.25) is 9.59 Å². The predicted molar refractivity (Wildman–Crippen MR) is 98.2 cm³/mol. The molecule has 25 heavy (non-hydrogen) atoms. The minimum absolute atomic E-state index is 0.332. The average molecular weight is 375 g/mol. The van der Waals surface area contributed by atoms with Gasteiger partial charge in [0.05, 0.1) is 6.04 Å². The van der Waals surface area contributed by atoms with E-state index in [1.807, 2.05) is 6.26 Å². The summed E-state index contributed by atoms with van der Waals surface area (Å²) in [6.45, 7) is 0.957. The average Bonchev–Trinajstić information content (AvgIpc) is 3.07. The third-order valence-electron chi connectivity index (χ3n) is 4.35. The summed E-state index contributed by atoms with van der Waals surface area (Å²) in [5, 5.41) is 12.0. The number of unbranched alkanes of at least 4 members (excludes halogenated alkanes) is 1. The first kappa shape index (κ1) is 21.7. The Hall–Kier alpha value is -1.32. The maximum atomic E-state index is 12.8. The third kappa shape index (κ3) is 6.83. The molecule has 1 aliphatic rings. The number of amides is 2. The Morgan fingerprint density at radius 2 is 2.04 bits per heavy atom. The molecule has 3 atom stereocenters. The Kier molecular flexibility index (Phi) is 9.84. The van der Waals surface area contributed by atoms with Crippen LogP contribution in [0.2, 0.25) is 0 Å². The summed E-state index contributed by atoms with van der Waals surface area (Å²) in [5.74, 6) is -1.02. The second-order valence-corrected chi connectivity index (χ2v) is 7.25. The van der Waals surface area contributed by atoms with E-state index in [1.54, 1.807) is 11.8 Å². The monoisotopic (exact) mass is 374 g/mol. The van der Waals surface area contributed by atoms with Crippen molar-refractivity contribution in [2.24, 2.45) is 11.5 Å². The second-order valence-electron chi connectivity index (χ2n) is 6.26. The van der Waals surface area contributed by atoms with Gasteiger partial charge >= 0.3 is 5.97 Å². The van der Waals surface area contributed by atoms with Crippen LogP contribution < -0.4 is 16.8 Å². The zero-order chi connectivity index (χ0) is 18.8. The van der Waals surface area contributed by atoms with E-state index >= 15 is 0 Å². The van der Waals surface area contributed by atoms with Crippen molar-refractivity contribution in [2.45, 2.75) is 56.7 Å². The van der Waals surface area contributed by atoms with E-state index in [2.05, 4.69) is 5.32 Å². The third-order valence-corrected chi connectivity index (χ3v) is 5.00.